The van der Waals surface area contributed by atoms with Crippen LogP contribution < -0.4 is 5.32 Å². The molecule has 0 aliphatic heterocycles. The van der Waals surface area contributed by atoms with Crippen LogP contribution in [-0.4, -0.2) is 17.3 Å². The molecule has 1 fully saturated rings. The van der Waals surface area contributed by atoms with Crippen molar-refractivity contribution >= 4 is 5.69 Å². The molecule has 1 saturated carbocycles. The molecule has 2 heteroatoms. The van der Waals surface area contributed by atoms with Gasteiger partial charge in [-0.2, -0.15) is 0 Å². The van der Waals surface area contributed by atoms with Crippen molar-refractivity contribution in [3.05, 3.63) is 29.8 Å². The summed E-state index contributed by atoms with van der Waals surface area (Å²) in [4.78, 5) is 0. The van der Waals surface area contributed by atoms with E-state index in [-0.39, 0.29) is 17.6 Å². The van der Waals surface area contributed by atoms with E-state index in [0.29, 0.717) is 0 Å². The highest BCUT2D eigenvalue weighted by atomic mass is 16.3. The third kappa shape index (κ3) is 2.39. The Morgan fingerprint density at radius 1 is 1.22 bits per heavy atom. The maximum Gasteiger partial charge on any atom is 0.0666 e. The van der Waals surface area contributed by atoms with Gasteiger partial charge in [0.1, 0.15) is 0 Å². The zero-order valence-corrected chi connectivity index (χ0v) is 11.8. The van der Waals surface area contributed by atoms with Gasteiger partial charge in [0, 0.05) is 5.69 Å². The monoisotopic (exact) mass is 247 g/mol. The molecule has 0 amide bonds. The normalized spacial score (nSPS) is 26.9. The van der Waals surface area contributed by atoms with E-state index < -0.39 is 0 Å². The average molecular weight is 247 g/mol. The molecule has 0 heterocycles. The quantitative estimate of drug-likeness (QED) is 0.853. The van der Waals surface area contributed by atoms with Crippen molar-refractivity contribution in [1.82, 2.24) is 0 Å². The lowest BCUT2D eigenvalue weighted by atomic mass is 9.63. The molecule has 0 aromatic heterocycles. The van der Waals surface area contributed by atoms with Gasteiger partial charge in [0.25, 0.3) is 0 Å². The zero-order valence-electron chi connectivity index (χ0n) is 11.8. The molecule has 1 aliphatic carbocycles. The minimum Gasteiger partial charge on any atom is -0.394 e. The highest BCUT2D eigenvalue weighted by molar-refractivity contribution is 5.48. The van der Waals surface area contributed by atoms with Crippen LogP contribution in [0.25, 0.3) is 0 Å². The van der Waals surface area contributed by atoms with Crippen LogP contribution in [0.15, 0.2) is 24.3 Å². The highest BCUT2D eigenvalue weighted by Crippen LogP contribution is 2.45. The van der Waals surface area contributed by atoms with Gasteiger partial charge in [0.15, 0.2) is 0 Å². The Morgan fingerprint density at radius 3 is 2.56 bits per heavy atom. The Balaban J connectivity index is 2.27. The second-order valence-electron chi connectivity index (χ2n) is 6.33. The van der Waals surface area contributed by atoms with Gasteiger partial charge >= 0.3 is 0 Å². The molecule has 1 aromatic carbocycles. The van der Waals surface area contributed by atoms with E-state index in [1.807, 2.05) is 0 Å². The van der Waals surface area contributed by atoms with Crippen molar-refractivity contribution in [1.29, 1.82) is 0 Å². The molecule has 0 bridgehead atoms. The Morgan fingerprint density at radius 2 is 1.94 bits per heavy atom. The zero-order chi connectivity index (χ0) is 13.2. The molecule has 2 nitrogen and oxygen atoms in total. The molecule has 0 radical (unpaired) electrons. The van der Waals surface area contributed by atoms with Crippen LogP contribution in [-0.2, 0) is 0 Å². The number of aliphatic hydroxyl groups excluding tert-OH is 1. The molecular weight excluding hydrogens is 222 g/mol. The molecule has 18 heavy (non-hydrogen) atoms. The smallest absolute Gasteiger partial charge is 0.0666 e. The summed E-state index contributed by atoms with van der Waals surface area (Å²) in [5.74, 6) is 0. The van der Waals surface area contributed by atoms with Crippen molar-refractivity contribution in [3.8, 4) is 0 Å². The van der Waals surface area contributed by atoms with Gasteiger partial charge in [0.2, 0.25) is 0 Å². The van der Waals surface area contributed by atoms with Gasteiger partial charge in [-0.15, -0.1) is 0 Å². The Hall–Kier alpha value is -1.02. The van der Waals surface area contributed by atoms with Crippen molar-refractivity contribution in [2.24, 2.45) is 5.41 Å². The van der Waals surface area contributed by atoms with Gasteiger partial charge in [-0.1, -0.05) is 38.8 Å². The van der Waals surface area contributed by atoms with Crippen LogP contribution in [0.3, 0.4) is 0 Å². The number of aryl methyl sites for hydroxylation is 1. The SMILES string of the molecule is Cc1cccc(NC2(CO)CCCCC2(C)C)c1. The van der Waals surface area contributed by atoms with E-state index in [1.165, 1.54) is 24.8 Å². The average Bonchev–Trinajstić information content (AvgIpc) is 2.32. The standard InChI is InChI=1S/C16H25NO/c1-13-7-6-8-14(11-13)17-16(12-18)10-5-4-9-15(16,2)3/h6-8,11,17-18H,4-5,9-10,12H2,1-3H3. The fourth-order valence-electron chi connectivity index (χ4n) is 3.13. The summed E-state index contributed by atoms with van der Waals surface area (Å²) in [5.41, 5.74) is 2.32. The fraction of sp³-hybridized carbons (Fsp3) is 0.625. The topological polar surface area (TPSA) is 32.3 Å². The summed E-state index contributed by atoms with van der Waals surface area (Å²) in [6.45, 7) is 6.84. The molecule has 1 atom stereocenters. The summed E-state index contributed by atoms with van der Waals surface area (Å²) in [6.07, 6.45) is 4.68. The predicted octanol–water partition coefficient (Wildman–Crippen LogP) is 3.74. The molecule has 100 valence electrons. The number of benzene rings is 1. The number of anilines is 1. The second kappa shape index (κ2) is 4.93. The molecule has 0 spiro atoms. The number of hydrogen-bond donors (Lipinski definition) is 2. The number of rotatable bonds is 3. The minimum absolute atomic E-state index is 0.129. The first-order valence-electron chi connectivity index (χ1n) is 6.95. The molecule has 1 aromatic rings. The Kier molecular flexibility index (Phi) is 3.67. The molecule has 0 saturated heterocycles. The molecule has 1 unspecified atom stereocenters. The predicted molar refractivity (Wildman–Crippen MR) is 76.9 cm³/mol. The van der Waals surface area contributed by atoms with E-state index >= 15 is 0 Å². The van der Waals surface area contributed by atoms with Gasteiger partial charge in [-0.05, 0) is 42.9 Å². The van der Waals surface area contributed by atoms with Crippen LogP contribution in [0.1, 0.15) is 45.1 Å². The van der Waals surface area contributed by atoms with Crippen molar-refractivity contribution in [2.45, 2.75) is 52.0 Å². The maximum absolute atomic E-state index is 9.95. The van der Waals surface area contributed by atoms with Crippen LogP contribution in [0.5, 0.6) is 0 Å². The summed E-state index contributed by atoms with van der Waals surface area (Å²) in [7, 11) is 0. The number of aliphatic hydroxyl groups is 1. The second-order valence-corrected chi connectivity index (χ2v) is 6.33. The number of nitrogens with one attached hydrogen (secondary N) is 1. The molecule has 1 aliphatic rings. The largest absolute Gasteiger partial charge is 0.394 e. The van der Waals surface area contributed by atoms with Crippen LogP contribution >= 0.6 is 0 Å². The fourth-order valence-corrected chi connectivity index (χ4v) is 3.13. The lowest BCUT2D eigenvalue weighted by molar-refractivity contribution is 0.0580. The Bertz CT molecular complexity index is 413. The van der Waals surface area contributed by atoms with E-state index in [2.05, 4.69) is 50.4 Å². The molecule has 2 N–H and O–H groups in total. The first kappa shape index (κ1) is 13.4. The van der Waals surface area contributed by atoms with Crippen LogP contribution in [0, 0.1) is 12.3 Å². The summed E-state index contributed by atoms with van der Waals surface area (Å²) in [6, 6.07) is 8.42. The molecular formula is C16H25NO. The van der Waals surface area contributed by atoms with Crippen LogP contribution in [0.4, 0.5) is 5.69 Å². The van der Waals surface area contributed by atoms with Gasteiger partial charge in [-0.3, -0.25) is 0 Å². The maximum atomic E-state index is 9.95. The lowest BCUT2D eigenvalue weighted by Crippen LogP contribution is -2.56. The summed E-state index contributed by atoms with van der Waals surface area (Å²) < 4.78 is 0. The highest BCUT2D eigenvalue weighted by Gasteiger charge is 2.46. The van der Waals surface area contributed by atoms with Gasteiger partial charge in [0.05, 0.1) is 12.1 Å². The molecule has 2 rings (SSSR count). The van der Waals surface area contributed by atoms with Crippen molar-refractivity contribution in [2.75, 3.05) is 11.9 Å². The van der Waals surface area contributed by atoms with Crippen molar-refractivity contribution < 1.29 is 5.11 Å². The lowest BCUT2D eigenvalue weighted by Gasteiger charge is -2.50. The van der Waals surface area contributed by atoms with E-state index in [1.54, 1.807) is 0 Å². The third-order valence-electron chi connectivity index (χ3n) is 4.62. The van der Waals surface area contributed by atoms with Crippen LogP contribution in [0.2, 0.25) is 0 Å². The van der Waals surface area contributed by atoms with Gasteiger partial charge in [-0.25, -0.2) is 0 Å². The first-order valence-corrected chi connectivity index (χ1v) is 6.95. The van der Waals surface area contributed by atoms with Gasteiger partial charge < -0.3 is 10.4 Å². The van der Waals surface area contributed by atoms with E-state index in [4.69, 9.17) is 0 Å². The minimum atomic E-state index is -0.182. The van der Waals surface area contributed by atoms with E-state index in [0.717, 1.165) is 12.1 Å². The Labute approximate surface area is 110 Å². The number of hydrogen-bond acceptors (Lipinski definition) is 2. The summed E-state index contributed by atoms with van der Waals surface area (Å²) in [5, 5.41) is 13.6. The third-order valence-corrected chi connectivity index (χ3v) is 4.62. The first-order chi connectivity index (χ1) is 8.49. The van der Waals surface area contributed by atoms with E-state index in [9.17, 15) is 5.11 Å². The van der Waals surface area contributed by atoms with Crippen molar-refractivity contribution in [3.63, 3.8) is 0 Å². The summed E-state index contributed by atoms with van der Waals surface area (Å²) >= 11 is 0.